The van der Waals surface area contributed by atoms with Crippen molar-refractivity contribution in [1.82, 2.24) is 4.90 Å². The number of rotatable bonds is 9. The van der Waals surface area contributed by atoms with Crippen molar-refractivity contribution in [1.29, 1.82) is 0 Å². The van der Waals surface area contributed by atoms with E-state index in [1.54, 1.807) is 0 Å². The van der Waals surface area contributed by atoms with E-state index in [4.69, 9.17) is 16.3 Å². The van der Waals surface area contributed by atoms with Gasteiger partial charge < -0.3 is 4.74 Å². The van der Waals surface area contributed by atoms with Crippen molar-refractivity contribution in [2.45, 2.75) is 24.9 Å². The van der Waals surface area contributed by atoms with Gasteiger partial charge in [-0.1, -0.05) is 18.2 Å². The monoisotopic (exact) mass is 365 g/mol. The van der Waals surface area contributed by atoms with E-state index in [0.717, 1.165) is 11.0 Å². The lowest BCUT2D eigenvalue weighted by atomic mass is 9.89. The van der Waals surface area contributed by atoms with Crippen molar-refractivity contribution >= 4 is 23.9 Å². The van der Waals surface area contributed by atoms with Crippen LogP contribution in [0.3, 0.4) is 0 Å². The lowest BCUT2D eigenvalue weighted by molar-refractivity contribution is -0.141. The number of methoxy groups -OCH3 is 1. The fourth-order valence-electron chi connectivity index (χ4n) is 2.36. The Kier molecular flexibility index (Phi) is 8.21. The number of hydrogen-bond donors (Lipinski definition) is 0. The zero-order valence-corrected chi connectivity index (χ0v) is 13.9. The number of ether oxygens (including phenoxy) is 1. The lowest BCUT2D eigenvalue weighted by Gasteiger charge is -2.25. The van der Waals surface area contributed by atoms with Crippen molar-refractivity contribution in [2.24, 2.45) is 0 Å². The van der Waals surface area contributed by atoms with E-state index in [1.165, 1.54) is 25.3 Å². The Morgan fingerprint density at radius 1 is 1.38 bits per heavy atom. The zero-order chi connectivity index (χ0) is 18.2. The molecule has 0 aliphatic carbocycles. The van der Waals surface area contributed by atoms with Crippen LogP contribution in [0.25, 0.3) is 0 Å². The predicted octanol–water partition coefficient (Wildman–Crippen LogP) is 3.44. The predicted molar refractivity (Wildman–Crippen MR) is 83.8 cm³/mol. The van der Waals surface area contributed by atoms with E-state index in [9.17, 15) is 22.8 Å². The molecule has 0 radical (unpaired) electrons. The number of alkyl halides is 4. The number of halogens is 4. The molecule has 0 aliphatic heterocycles. The number of amides is 2. The van der Waals surface area contributed by atoms with Gasteiger partial charge in [-0.3, -0.25) is 14.5 Å². The second-order valence-corrected chi connectivity index (χ2v) is 5.48. The van der Waals surface area contributed by atoms with Crippen molar-refractivity contribution in [3.63, 3.8) is 0 Å². The molecule has 24 heavy (non-hydrogen) atoms. The molecule has 0 aromatic heterocycles. The second kappa shape index (κ2) is 9.64. The summed E-state index contributed by atoms with van der Waals surface area (Å²) >= 11 is 5.63. The number of carbonyl (C=O) groups is 2. The zero-order valence-electron chi connectivity index (χ0n) is 13.2. The topological polar surface area (TPSA) is 46.6 Å². The highest BCUT2D eigenvalue weighted by molar-refractivity contribution is 6.17. The Hall–Kier alpha value is -1.60. The van der Waals surface area contributed by atoms with Gasteiger partial charge in [0.15, 0.2) is 0 Å². The van der Waals surface area contributed by atoms with E-state index in [0.29, 0.717) is 12.8 Å². The summed E-state index contributed by atoms with van der Waals surface area (Å²) in [7, 11) is 1.40. The van der Waals surface area contributed by atoms with Crippen LogP contribution in [-0.2, 0) is 20.5 Å². The van der Waals surface area contributed by atoms with Crippen molar-refractivity contribution in [2.75, 3.05) is 26.1 Å². The minimum Gasteiger partial charge on any atom is -0.383 e. The summed E-state index contributed by atoms with van der Waals surface area (Å²) in [6.45, 7) is 0.0814. The third-order valence-electron chi connectivity index (χ3n) is 3.51. The molecule has 0 aliphatic rings. The quantitative estimate of drug-likeness (QED) is 0.497. The highest BCUT2D eigenvalue weighted by Crippen LogP contribution is 2.37. The minimum absolute atomic E-state index is 0.0234. The molecule has 0 fully saturated rings. The summed E-state index contributed by atoms with van der Waals surface area (Å²) in [6, 6.07) is 4.89. The average molecular weight is 366 g/mol. The molecular formula is C16H19ClF3NO3. The van der Waals surface area contributed by atoms with Gasteiger partial charge >= 0.3 is 6.18 Å². The summed E-state index contributed by atoms with van der Waals surface area (Å²) in [4.78, 5) is 24.6. The molecular weight excluding hydrogens is 347 g/mol. The lowest BCUT2D eigenvalue weighted by Crippen LogP contribution is -2.37. The van der Waals surface area contributed by atoms with Gasteiger partial charge in [0.2, 0.25) is 12.3 Å². The molecule has 4 nitrogen and oxygen atoms in total. The molecule has 0 N–H and O–H groups in total. The first-order chi connectivity index (χ1) is 11.4. The maximum absolute atomic E-state index is 13.2. The van der Waals surface area contributed by atoms with Crippen LogP contribution in [0.5, 0.6) is 0 Å². The molecule has 2 amide bonds. The largest absolute Gasteiger partial charge is 0.416 e. The maximum Gasteiger partial charge on any atom is 0.416 e. The van der Waals surface area contributed by atoms with Gasteiger partial charge in [0.05, 0.1) is 24.6 Å². The van der Waals surface area contributed by atoms with E-state index < -0.39 is 23.6 Å². The molecule has 0 spiro atoms. The number of benzene rings is 1. The van der Waals surface area contributed by atoms with Gasteiger partial charge in [0.1, 0.15) is 0 Å². The summed E-state index contributed by atoms with van der Waals surface area (Å²) < 4.78 is 44.5. The van der Waals surface area contributed by atoms with E-state index >= 15 is 0 Å². The molecule has 8 heteroatoms. The van der Waals surface area contributed by atoms with Gasteiger partial charge in [0, 0.05) is 13.0 Å². The summed E-state index contributed by atoms with van der Waals surface area (Å²) in [5.41, 5.74) is -1.03. The van der Waals surface area contributed by atoms with Gasteiger partial charge in [-0.05, 0) is 24.5 Å². The molecule has 0 heterocycles. The van der Waals surface area contributed by atoms with Gasteiger partial charge in [-0.15, -0.1) is 11.6 Å². The van der Waals surface area contributed by atoms with Crippen LogP contribution in [-0.4, -0.2) is 43.4 Å². The highest BCUT2D eigenvalue weighted by Gasteiger charge is 2.37. The summed E-state index contributed by atoms with van der Waals surface area (Å²) in [5, 5.41) is 0. The van der Waals surface area contributed by atoms with Crippen LogP contribution in [0, 0.1) is 0 Å². The smallest absolute Gasteiger partial charge is 0.383 e. The first kappa shape index (κ1) is 20.4. The Bertz CT molecular complexity index is 552. The van der Waals surface area contributed by atoms with Crippen LogP contribution in [0.15, 0.2) is 24.3 Å². The van der Waals surface area contributed by atoms with Gasteiger partial charge in [-0.25, -0.2) is 0 Å². The van der Waals surface area contributed by atoms with E-state index in [2.05, 4.69) is 0 Å². The summed E-state index contributed by atoms with van der Waals surface area (Å²) in [6.07, 6.45) is -3.81. The normalized spacial score (nSPS) is 12.7. The number of carbonyl (C=O) groups excluding carboxylic acids is 2. The van der Waals surface area contributed by atoms with Crippen LogP contribution in [0.1, 0.15) is 29.9 Å². The highest BCUT2D eigenvalue weighted by atomic mass is 35.5. The molecule has 134 valence electrons. The fourth-order valence-corrected chi connectivity index (χ4v) is 2.51. The van der Waals surface area contributed by atoms with Crippen molar-refractivity contribution in [3.05, 3.63) is 35.4 Å². The molecule has 0 bridgehead atoms. The first-order valence-electron chi connectivity index (χ1n) is 7.33. The molecule has 0 saturated carbocycles. The molecule has 0 saturated heterocycles. The molecule has 1 atom stereocenters. The average Bonchev–Trinajstić information content (AvgIpc) is 2.55. The maximum atomic E-state index is 13.2. The van der Waals surface area contributed by atoms with E-state index in [-0.39, 0.29) is 31.0 Å². The number of hydrogen-bond acceptors (Lipinski definition) is 3. The first-order valence-corrected chi connectivity index (χ1v) is 7.87. The second-order valence-electron chi connectivity index (χ2n) is 5.10. The van der Waals surface area contributed by atoms with Crippen LogP contribution >= 0.6 is 11.6 Å². The number of nitrogens with zero attached hydrogens (tertiary/aromatic N) is 1. The van der Waals surface area contributed by atoms with E-state index in [1.807, 2.05) is 0 Å². The van der Waals surface area contributed by atoms with Crippen LogP contribution in [0.2, 0.25) is 0 Å². The molecule has 1 aromatic rings. The molecule has 1 aromatic carbocycles. The Morgan fingerprint density at radius 2 is 2.04 bits per heavy atom. The standard InChI is InChI=1S/C16H19ClF3NO3/c1-24-10-9-21(11-22)15(23)13(6-4-8-17)12-5-2-3-7-14(12)16(18,19)20/h2-3,5,7,11,13H,4,6,8-10H2,1H3. The molecule has 1 unspecified atom stereocenters. The van der Waals surface area contributed by atoms with Gasteiger partial charge in [0.25, 0.3) is 0 Å². The summed E-state index contributed by atoms with van der Waals surface area (Å²) in [5.74, 6) is -1.58. The third-order valence-corrected chi connectivity index (χ3v) is 3.78. The SMILES string of the molecule is COCCN(C=O)C(=O)C(CCCCl)c1ccccc1C(F)(F)F. The Balaban J connectivity index is 3.22. The van der Waals surface area contributed by atoms with Crippen molar-refractivity contribution < 1.29 is 27.5 Å². The number of imide groups is 1. The Morgan fingerprint density at radius 3 is 2.58 bits per heavy atom. The Labute approximate surface area is 143 Å². The van der Waals surface area contributed by atoms with Crippen LogP contribution < -0.4 is 0 Å². The van der Waals surface area contributed by atoms with Crippen LogP contribution in [0.4, 0.5) is 13.2 Å². The van der Waals surface area contributed by atoms with Gasteiger partial charge in [-0.2, -0.15) is 13.2 Å². The van der Waals surface area contributed by atoms with Crippen molar-refractivity contribution in [3.8, 4) is 0 Å². The fraction of sp³-hybridized carbons (Fsp3) is 0.500. The third kappa shape index (κ3) is 5.49. The molecule has 1 rings (SSSR count). The minimum atomic E-state index is -4.59.